The number of carbonyl (C=O) groups excluding carboxylic acids is 1. The molecule has 0 aliphatic rings. The summed E-state index contributed by atoms with van der Waals surface area (Å²) in [5, 5.41) is 0. The Morgan fingerprint density at radius 2 is 1.14 bits per heavy atom. The van der Waals surface area contributed by atoms with Gasteiger partial charge in [-0.25, -0.2) is 0 Å². The van der Waals surface area contributed by atoms with Crippen molar-refractivity contribution in [3.05, 3.63) is 6.92 Å². The van der Waals surface area contributed by atoms with Gasteiger partial charge in [0.25, 0.3) is 0 Å². The highest BCUT2D eigenvalue weighted by atomic mass is 16.5. The van der Waals surface area contributed by atoms with Gasteiger partial charge in [-0.05, 0) is 12.8 Å². The molecule has 0 saturated carbocycles. The lowest BCUT2D eigenvalue weighted by atomic mass is 10.0. The number of rotatable bonds is 17. The maximum absolute atomic E-state index is 11.1. The largest absolute Gasteiger partial charge is 0.466 e. The minimum Gasteiger partial charge on any atom is -0.466 e. The molecule has 0 atom stereocenters. The molecule has 2 heteroatoms. The van der Waals surface area contributed by atoms with Gasteiger partial charge in [0.2, 0.25) is 0 Å². The Morgan fingerprint density at radius 1 is 0.727 bits per heavy atom. The molecule has 1 radical (unpaired) electrons. The third-order valence-corrected chi connectivity index (χ3v) is 4.14. The second kappa shape index (κ2) is 18.5. The Kier molecular flexibility index (Phi) is 18.1. The van der Waals surface area contributed by atoms with Crippen LogP contribution in [0.2, 0.25) is 0 Å². The maximum Gasteiger partial charge on any atom is 0.305 e. The van der Waals surface area contributed by atoms with Crippen LogP contribution in [0.3, 0.4) is 0 Å². The van der Waals surface area contributed by atoms with E-state index in [4.69, 9.17) is 4.74 Å². The summed E-state index contributed by atoms with van der Waals surface area (Å²) in [4.78, 5) is 11.1. The van der Waals surface area contributed by atoms with E-state index in [1.807, 2.05) is 0 Å². The van der Waals surface area contributed by atoms with E-state index in [0.717, 1.165) is 6.42 Å². The van der Waals surface area contributed by atoms with Gasteiger partial charge in [0.1, 0.15) is 0 Å². The van der Waals surface area contributed by atoms with Crippen LogP contribution in [0.1, 0.15) is 110 Å². The van der Waals surface area contributed by atoms with E-state index < -0.39 is 0 Å². The maximum atomic E-state index is 11.1. The van der Waals surface area contributed by atoms with Gasteiger partial charge in [-0.15, -0.1) is 0 Å². The summed E-state index contributed by atoms with van der Waals surface area (Å²) in [5.74, 6) is -0.0929. The quantitative estimate of drug-likeness (QED) is 0.223. The minimum absolute atomic E-state index is 0.0929. The fourth-order valence-electron chi connectivity index (χ4n) is 2.70. The van der Waals surface area contributed by atoms with E-state index in [2.05, 4.69) is 13.8 Å². The topological polar surface area (TPSA) is 26.3 Å². The van der Waals surface area contributed by atoms with Crippen molar-refractivity contribution in [3.63, 3.8) is 0 Å². The Bertz CT molecular complexity index is 226. The number of hydrogen-bond donors (Lipinski definition) is 0. The van der Waals surface area contributed by atoms with E-state index in [1.54, 1.807) is 0 Å². The first kappa shape index (κ1) is 21.5. The summed E-state index contributed by atoms with van der Waals surface area (Å²) in [7, 11) is 0. The third-order valence-electron chi connectivity index (χ3n) is 4.14. The van der Waals surface area contributed by atoms with E-state index in [1.165, 1.54) is 83.5 Å². The molecule has 0 fully saturated rings. The highest BCUT2D eigenvalue weighted by Gasteiger charge is 1.99. The molecule has 22 heavy (non-hydrogen) atoms. The standard InChI is InChI=1S/C20H39O2/c1-3-5-6-7-8-9-10-11-12-13-14-15-16-17-19-22-20(21)18-4-2/h2-19H2,1H3. The minimum atomic E-state index is -0.0929. The summed E-state index contributed by atoms with van der Waals surface area (Å²) in [6, 6.07) is 0. The average molecular weight is 312 g/mol. The zero-order chi connectivity index (χ0) is 16.3. The summed E-state index contributed by atoms with van der Waals surface area (Å²) in [6.07, 6.45) is 20.0. The Morgan fingerprint density at radius 3 is 1.55 bits per heavy atom. The molecule has 0 bridgehead atoms. The molecule has 0 aliphatic carbocycles. The monoisotopic (exact) mass is 311 g/mol. The van der Waals surface area contributed by atoms with Crippen LogP contribution in [0.5, 0.6) is 0 Å². The first-order valence-electron chi connectivity index (χ1n) is 9.76. The SMILES string of the molecule is [CH2]CCC(=O)OCCCCCCCCCCCCCCCC. The van der Waals surface area contributed by atoms with Gasteiger partial charge in [-0.1, -0.05) is 97.3 Å². The fourth-order valence-corrected chi connectivity index (χ4v) is 2.70. The van der Waals surface area contributed by atoms with E-state index >= 15 is 0 Å². The lowest BCUT2D eigenvalue weighted by molar-refractivity contribution is -0.143. The van der Waals surface area contributed by atoms with Gasteiger partial charge in [-0.2, -0.15) is 0 Å². The van der Waals surface area contributed by atoms with Crippen molar-refractivity contribution in [2.75, 3.05) is 6.61 Å². The predicted octanol–water partition coefficient (Wildman–Crippen LogP) is 6.63. The molecule has 0 spiro atoms. The lowest BCUT2D eigenvalue weighted by Gasteiger charge is -2.04. The van der Waals surface area contributed by atoms with E-state index in [0.29, 0.717) is 19.4 Å². The first-order chi connectivity index (χ1) is 10.8. The Labute approximate surface area is 139 Å². The summed E-state index contributed by atoms with van der Waals surface area (Å²) < 4.78 is 5.11. The van der Waals surface area contributed by atoms with Crippen molar-refractivity contribution in [1.82, 2.24) is 0 Å². The molecule has 0 aromatic heterocycles. The zero-order valence-electron chi connectivity index (χ0n) is 15.0. The molecule has 0 aliphatic heterocycles. The van der Waals surface area contributed by atoms with Gasteiger partial charge in [-0.3, -0.25) is 4.79 Å². The molecule has 0 aromatic carbocycles. The van der Waals surface area contributed by atoms with Gasteiger partial charge < -0.3 is 4.74 Å². The molecule has 0 aromatic rings. The molecule has 131 valence electrons. The molecule has 0 heterocycles. The number of ether oxygens (including phenoxy) is 1. The summed E-state index contributed by atoms with van der Waals surface area (Å²) in [5.41, 5.74) is 0. The number of unbranched alkanes of at least 4 members (excludes halogenated alkanes) is 13. The molecular formula is C20H39O2. The first-order valence-corrected chi connectivity index (χ1v) is 9.76. The predicted molar refractivity (Wildman–Crippen MR) is 95.9 cm³/mol. The van der Waals surface area contributed by atoms with Crippen molar-refractivity contribution in [3.8, 4) is 0 Å². The molecule has 2 nitrogen and oxygen atoms in total. The van der Waals surface area contributed by atoms with Crippen molar-refractivity contribution < 1.29 is 9.53 Å². The van der Waals surface area contributed by atoms with Crippen LogP contribution in [0.15, 0.2) is 0 Å². The Hall–Kier alpha value is -0.530. The van der Waals surface area contributed by atoms with Gasteiger partial charge >= 0.3 is 5.97 Å². The normalized spacial score (nSPS) is 10.8. The van der Waals surface area contributed by atoms with Crippen molar-refractivity contribution in [2.45, 2.75) is 110 Å². The van der Waals surface area contributed by atoms with Crippen LogP contribution in [-0.2, 0) is 9.53 Å². The Balaban J connectivity index is 3.01. The number of carbonyl (C=O) groups is 1. The smallest absolute Gasteiger partial charge is 0.305 e. The van der Waals surface area contributed by atoms with Gasteiger partial charge in [0.05, 0.1) is 6.61 Å². The van der Waals surface area contributed by atoms with Crippen LogP contribution in [0, 0.1) is 6.92 Å². The summed E-state index contributed by atoms with van der Waals surface area (Å²) >= 11 is 0. The highest BCUT2D eigenvalue weighted by molar-refractivity contribution is 5.69. The van der Waals surface area contributed by atoms with Crippen LogP contribution in [0.25, 0.3) is 0 Å². The van der Waals surface area contributed by atoms with Crippen LogP contribution >= 0.6 is 0 Å². The van der Waals surface area contributed by atoms with E-state index in [-0.39, 0.29) is 5.97 Å². The van der Waals surface area contributed by atoms with Crippen molar-refractivity contribution >= 4 is 5.97 Å². The lowest BCUT2D eigenvalue weighted by Crippen LogP contribution is -2.04. The molecule has 0 rings (SSSR count). The molecular weight excluding hydrogens is 272 g/mol. The number of esters is 1. The number of hydrogen-bond acceptors (Lipinski definition) is 2. The van der Waals surface area contributed by atoms with Crippen LogP contribution < -0.4 is 0 Å². The second-order valence-corrected chi connectivity index (χ2v) is 6.42. The van der Waals surface area contributed by atoms with Crippen LogP contribution in [0.4, 0.5) is 0 Å². The summed E-state index contributed by atoms with van der Waals surface area (Å²) in [6.45, 7) is 6.51. The van der Waals surface area contributed by atoms with Crippen molar-refractivity contribution in [1.29, 1.82) is 0 Å². The van der Waals surface area contributed by atoms with E-state index in [9.17, 15) is 4.79 Å². The second-order valence-electron chi connectivity index (χ2n) is 6.42. The zero-order valence-corrected chi connectivity index (χ0v) is 15.0. The third kappa shape index (κ3) is 17.5. The molecule has 0 unspecified atom stereocenters. The highest BCUT2D eigenvalue weighted by Crippen LogP contribution is 2.12. The van der Waals surface area contributed by atoms with Crippen LogP contribution in [-0.4, -0.2) is 12.6 Å². The molecule has 0 N–H and O–H groups in total. The average Bonchev–Trinajstić information content (AvgIpc) is 2.51. The van der Waals surface area contributed by atoms with Crippen molar-refractivity contribution in [2.24, 2.45) is 0 Å². The van der Waals surface area contributed by atoms with Gasteiger partial charge in [0, 0.05) is 6.42 Å². The molecule has 0 saturated heterocycles. The fraction of sp³-hybridized carbons (Fsp3) is 0.900. The van der Waals surface area contributed by atoms with Gasteiger partial charge in [0.15, 0.2) is 0 Å². The molecule has 0 amide bonds.